The van der Waals surface area contributed by atoms with Crippen molar-refractivity contribution in [2.75, 3.05) is 11.9 Å². The summed E-state index contributed by atoms with van der Waals surface area (Å²) in [4.78, 5) is 11.2. The third-order valence-corrected chi connectivity index (χ3v) is 5.66. The Bertz CT molecular complexity index is 1070. The fourth-order valence-corrected chi connectivity index (χ4v) is 4.25. The molecule has 5 heteroatoms. The van der Waals surface area contributed by atoms with Crippen molar-refractivity contribution >= 4 is 27.4 Å². The molecular formula is C22H21N3OS. The van der Waals surface area contributed by atoms with E-state index in [9.17, 15) is 5.11 Å². The molecule has 4 aromatic rings. The molecule has 0 aliphatic carbocycles. The van der Waals surface area contributed by atoms with Crippen LogP contribution in [0.25, 0.3) is 21.3 Å². The highest BCUT2D eigenvalue weighted by molar-refractivity contribution is 7.19. The molecule has 0 atom stereocenters. The first kappa shape index (κ1) is 17.5. The number of nitrogens with one attached hydrogen (secondary N) is 1. The summed E-state index contributed by atoms with van der Waals surface area (Å²) < 4.78 is 0. The lowest BCUT2D eigenvalue weighted by Gasteiger charge is -2.09. The summed E-state index contributed by atoms with van der Waals surface area (Å²) in [5.74, 6) is 1.17. The van der Waals surface area contributed by atoms with Crippen molar-refractivity contribution in [3.05, 3.63) is 70.9 Å². The smallest absolute Gasteiger partial charge is 0.138 e. The molecule has 2 aromatic carbocycles. The van der Waals surface area contributed by atoms with E-state index in [0.717, 1.165) is 29.0 Å². The van der Waals surface area contributed by atoms with Gasteiger partial charge in [0, 0.05) is 17.0 Å². The lowest BCUT2D eigenvalue weighted by atomic mass is 10.0. The summed E-state index contributed by atoms with van der Waals surface area (Å²) in [5.41, 5.74) is 4.83. The maximum atomic E-state index is 9.41. The van der Waals surface area contributed by atoms with Gasteiger partial charge >= 0.3 is 0 Å². The van der Waals surface area contributed by atoms with Gasteiger partial charge in [0.2, 0.25) is 0 Å². The van der Waals surface area contributed by atoms with Crippen molar-refractivity contribution in [3.63, 3.8) is 0 Å². The molecule has 0 fully saturated rings. The predicted octanol–water partition coefficient (Wildman–Crippen LogP) is 5.34. The summed E-state index contributed by atoms with van der Waals surface area (Å²) in [6, 6.07) is 15.9. The molecule has 0 saturated carbocycles. The Morgan fingerprint density at radius 2 is 1.70 bits per heavy atom. The minimum Gasteiger partial charge on any atom is -0.508 e. The predicted molar refractivity (Wildman–Crippen MR) is 113 cm³/mol. The number of fused-ring (bicyclic) bond motifs is 1. The minimum absolute atomic E-state index is 0.292. The quantitative estimate of drug-likeness (QED) is 0.495. The number of hydrogen-bond acceptors (Lipinski definition) is 5. The fraction of sp³-hybridized carbons (Fsp3) is 0.182. The normalized spacial score (nSPS) is 11.0. The molecular weight excluding hydrogens is 354 g/mol. The third kappa shape index (κ3) is 3.64. The van der Waals surface area contributed by atoms with E-state index in [-0.39, 0.29) is 0 Å². The summed E-state index contributed by atoms with van der Waals surface area (Å²) in [5, 5.41) is 14.0. The second-order valence-electron chi connectivity index (χ2n) is 6.64. The summed E-state index contributed by atoms with van der Waals surface area (Å²) in [6.07, 6.45) is 2.48. The zero-order valence-corrected chi connectivity index (χ0v) is 16.2. The van der Waals surface area contributed by atoms with E-state index in [1.165, 1.54) is 27.1 Å². The van der Waals surface area contributed by atoms with Crippen molar-refractivity contribution in [1.82, 2.24) is 9.97 Å². The van der Waals surface area contributed by atoms with Crippen LogP contribution in [0.5, 0.6) is 5.75 Å². The molecule has 4 rings (SSSR count). The van der Waals surface area contributed by atoms with Gasteiger partial charge in [-0.2, -0.15) is 0 Å². The zero-order chi connectivity index (χ0) is 18.8. The van der Waals surface area contributed by atoms with Gasteiger partial charge in [-0.15, -0.1) is 11.3 Å². The molecule has 0 aliphatic rings. The van der Waals surface area contributed by atoms with Crippen LogP contribution in [0.2, 0.25) is 0 Å². The molecule has 0 amide bonds. The van der Waals surface area contributed by atoms with Crippen LogP contribution in [0.15, 0.2) is 54.9 Å². The Labute approximate surface area is 162 Å². The van der Waals surface area contributed by atoms with Crippen molar-refractivity contribution < 1.29 is 5.11 Å². The molecule has 0 aliphatic heterocycles. The Balaban J connectivity index is 1.64. The standard InChI is InChI=1S/C22H21N3OS/c1-14-3-7-17(8-4-14)19-15(2)27-22-20(19)21(24-13-25-22)23-12-11-16-5-9-18(26)10-6-16/h3-10,13,26H,11-12H2,1-2H3,(H,23,24,25). The van der Waals surface area contributed by atoms with Gasteiger partial charge in [-0.3, -0.25) is 0 Å². The molecule has 4 nitrogen and oxygen atoms in total. The van der Waals surface area contributed by atoms with Crippen LogP contribution >= 0.6 is 11.3 Å². The highest BCUT2D eigenvalue weighted by Gasteiger charge is 2.16. The highest BCUT2D eigenvalue weighted by atomic mass is 32.1. The number of nitrogens with zero attached hydrogens (tertiary/aromatic N) is 2. The van der Waals surface area contributed by atoms with Gasteiger partial charge in [0.25, 0.3) is 0 Å². The molecule has 0 radical (unpaired) electrons. The van der Waals surface area contributed by atoms with Crippen LogP contribution in [-0.4, -0.2) is 21.6 Å². The Morgan fingerprint density at radius 3 is 2.44 bits per heavy atom. The van der Waals surface area contributed by atoms with Crippen molar-refractivity contribution in [2.45, 2.75) is 20.3 Å². The second kappa shape index (κ2) is 7.37. The average Bonchev–Trinajstić information content (AvgIpc) is 3.01. The molecule has 2 aromatic heterocycles. The second-order valence-corrected chi connectivity index (χ2v) is 7.85. The number of phenolic OH excluding ortho intramolecular Hbond substituents is 1. The number of phenols is 1. The number of rotatable bonds is 5. The molecule has 0 saturated heterocycles. The van der Waals surface area contributed by atoms with Crippen LogP contribution in [0.3, 0.4) is 0 Å². The maximum Gasteiger partial charge on any atom is 0.138 e. The van der Waals surface area contributed by atoms with Gasteiger partial charge in [-0.25, -0.2) is 9.97 Å². The first-order valence-electron chi connectivity index (χ1n) is 8.95. The van der Waals surface area contributed by atoms with Crippen LogP contribution in [-0.2, 0) is 6.42 Å². The minimum atomic E-state index is 0.292. The number of anilines is 1. The average molecular weight is 375 g/mol. The lowest BCUT2D eigenvalue weighted by Crippen LogP contribution is -2.07. The molecule has 0 spiro atoms. The SMILES string of the molecule is Cc1ccc(-c2c(C)sc3ncnc(NCCc4ccc(O)cc4)c23)cc1. The van der Waals surface area contributed by atoms with Crippen LogP contribution < -0.4 is 5.32 Å². The third-order valence-electron chi connectivity index (χ3n) is 4.65. The lowest BCUT2D eigenvalue weighted by molar-refractivity contribution is 0.475. The van der Waals surface area contributed by atoms with E-state index in [1.54, 1.807) is 29.8 Å². The zero-order valence-electron chi connectivity index (χ0n) is 15.4. The number of aryl methyl sites for hydroxylation is 2. The first-order chi connectivity index (χ1) is 13.1. The van der Waals surface area contributed by atoms with E-state index < -0.39 is 0 Å². The largest absolute Gasteiger partial charge is 0.508 e. The van der Waals surface area contributed by atoms with Gasteiger partial charge in [0.15, 0.2) is 0 Å². The van der Waals surface area contributed by atoms with Gasteiger partial charge < -0.3 is 10.4 Å². The topological polar surface area (TPSA) is 58.0 Å². The summed E-state index contributed by atoms with van der Waals surface area (Å²) >= 11 is 1.70. The molecule has 27 heavy (non-hydrogen) atoms. The van der Waals surface area contributed by atoms with Crippen LogP contribution in [0.1, 0.15) is 16.0 Å². The Hall–Kier alpha value is -2.92. The molecule has 136 valence electrons. The fourth-order valence-electron chi connectivity index (χ4n) is 3.23. The number of aromatic nitrogens is 2. The van der Waals surface area contributed by atoms with Crippen LogP contribution in [0.4, 0.5) is 5.82 Å². The maximum absolute atomic E-state index is 9.41. The van der Waals surface area contributed by atoms with Crippen LogP contribution in [0, 0.1) is 13.8 Å². The van der Waals surface area contributed by atoms with E-state index in [4.69, 9.17) is 0 Å². The summed E-state index contributed by atoms with van der Waals surface area (Å²) in [6.45, 7) is 5.00. The van der Waals surface area contributed by atoms with Gasteiger partial charge in [-0.1, -0.05) is 42.0 Å². The van der Waals surface area contributed by atoms with Gasteiger partial charge in [0.1, 0.15) is 22.7 Å². The molecule has 2 N–H and O–H groups in total. The first-order valence-corrected chi connectivity index (χ1v) is 9.76. The van der Waals surface area contributed by atoms with Gasteiger partial charge in [-0.05, 0) is 43.5 Å². The molecule has 0 bridgehead atoms. The summed E-state index contributed by atoms with van der Waals surface area (Å²) in [7, 11) is 0. The number of benzene rings is 2. The van der Waals surface area contributed by atoms with E-state index >= 15 is 0 Å². The number of aromatic hydroxyl groups is 1. The van der Waals surface area contributed by atoms with E-state index in [1.807, 2.05) is 12.1 Å². The Morgan fingerprint density at radius 1 is 0.963 bits per heavy atom. The van der Waals surface area contributed by atoms with Crippen molar-refractivity contribution in [2.24, 2.45) is 0 Å². The van der Waals surface area contributed by atoms with Crippen molar-refractivity contribution in [3.8, 4) is 16.9 Å². The van der Waals surface area contributed by atoms with E-state index in [2.05, 4.69) is 53.4 Å². The Kier molecular flexibility index (Phi) is 4.77. The molecule has 0 unspecified atom stereocenters. The highest BCUT2D eigenvalue weighted by Crippen LogP contribution is 2.40. The molecule has 2 heterocycles. The van der Waals surface area contributed by atoms with Gasteiger partial charge in [0.05, 0.1) is 5.39 Å². The number of thiophene rings is 1. The van der Waals surface area contributed by atoms with Crippen molar-refractivity contribution in [1.29, 1.82) is 0 Å². The number of hydrogen-bond donors (Lipinski definition) is 2. The monoisotopic (exact) mass is 375 g/mol. The van der Waals surface area contributed by atoms with E-state index in [0.29, 0.717) is 5.75 Å².